The number of likely N-dealkylation sites (N-methyl/N-ethyl adjacent to an activating group) is 1. The Balaban J connectivity index is 2.24. The zero-order valence-electron chi connectivity index (χ0n) is 6.38. The van der Waals surface area contributed by atoms with Crippen LogP contribution in [0, 0.1) is 0 Å². The molecule has 1 atom stereocenters. The second-order valence-electron chi connectivity index (χ2n) is 2.56. The predicted octanol–water partition coefficient (Wildman–Crippen LogP) is 0.365. The first-order valence-electron chi connectivity index (χ1n) is 3.55. The average Bonchev–Trinajstić information content (AvgIpc) is 1.88. The minimum atomic E-state index is 0.260. The molecule has 0 aromatic heterocycles. The van der Waals surface area contributed by atoms with Gasteiger partial charge in [-0.25, -0.2) is 0 Å². The van der Waals surface area contributed by atoms with E-state index in [-0.39, 0.29) is 6.17 Å². The van der Waals surface area contributed by atoms with Crippen LogP contribution in [0.5, 0.6) is 0 Å². The van der Waals surface area contributed by atoms with E-state index in [0.717, 1.165) is 19.6 Å². The smallest absolute Gasteiger partial charge is 0.00115 e. The van der Waals surface area contributed by atoms with E-state index in [2.05, 4.69) is 29.2 Å². The van der Waals surface area contributed by atoms with Crippen LogP contribution in [0.25, 0.3) is 5.32 Å². The topological polar surface area (TPSA) is 29.4 Å². The minimum absolute atomic E-state index is 0.260. The molecule has 0 spiro atoms. The summed E-state index contributed by atoms with van der Waals surface area (Å²) in [5.41, 5.74) is 0. The van der Waals surface area contributed by atoms with Gasteiger partial charge in [0.15, 0.2) is 0 Å². The molecule has 1 fully saturated rings. The number of hydrogen-bond donors (Lipinski definition) is 1. The first-order valence-corrected chi connectivity index (χ1v) is 3.55. The van der Waals surface area contributed by atoms with Gasteiger partial charge in [-0.2, -0.15) is 0 Å². The van der Waals surface area contributed by atoms with Crippen molar-refractivity contribution >= 4 is 0 Å². The fourth-order valence-corrected chi connectivity index (χ4v) is 1.07. The Morgan fingerprint density at radius 3 is 3.20 bits per heavy atom. The number of piperazine rings is 1. The monoisotopic (exact) mass is 140 g/mol. The van der Waals surface area contributed by atoms with Crippen molar-refractivity contribution in [2.75, 3.05) is 26.7 Å². The lowest BCUT2D eigenvalue weighted by atomic mass is 10.3. The van der Waals surface area contributed by atoms with Crippen molar-refractivity contribution in [2.24, 2.45) is 0 Å². The van der Waals surface area contributed by atoms with Gasteiger partial charge in [-0.3, -0.25) is 0 Å². The third kappa shape index (κ3) is 2.01. The largest absolute Gasteiger partial charge is 0.640 e. The Kier molecular flexibility index (Phi) is 2.71. The first kappa shape index (κ1) is 7.57. The maximum absolute atomic E-state index is 4.35. The fraction of sp³-hybridized carbons (Fsp3) is 0.714. The van der Waals surface area contributed by atoms with Crippen LogP contribution < -0.4 is 5.32 Å². The van der Waals surface area contributed by atoms with E-state index in [0.29, 0.717) is 0 Å². The van der Waals surface area contributed by atoms with Crippen molar-refractivity contribution in [3.63, 3.8) is 0 Å². The Labute approximate surface area is 62.1 Å². The molecule has 1 rings (SSSR count). The standard InChI is InChI=1S/C7H14N3/c1-3-8-7-6-10(2)5-4-9-7/h3,7-8H,1,4-6H2,2H3/q-1. The molecule has 1 unspecified atom stereocenters. The van der Waals surface area contributed by atoms with Crippen LogP contribution in [0.2, 0.25) is 0 Å². The molecule has 0 radical (unpaired) electrons. The molecular formula is C7H14N3-. The van der Waals surface area contributed by atoms with Crippen LogP contribution in [0.4, 0.5) is 0 Å². The molecule has 0 saturated carbocycles. The molecule has 3 heteroatoms. The highest BCUT2D eigenvalue weighted by Gasteiger charge is 2.04. The third-order valence-corrected chi connectivity index (χ3v) is 1.63. The van der Waals surface area contributed by atoms with Gasteiger partial charge >= 0.3 is 0 Å². The van der Waals surface area contributed by atoms with Gasteiger partial charge in [0.25, 0.3) is 0 Å². The van der Waals surface area contributed by atoms with E-state index in [4.69, 9.17) is 0 Å². The summed E-state index contributed by atoms with van der Waals surface area (Å²) >= 11 is 0. The molecule has 0 aliphatic carbocycles. The quantitative estimate of drug-likeness (QED) is 0.600. The number of nitrogens with zero attached hydrogens (tertiary/aromatic N) is 2. The molecule has 1 heterocycles. The van der Waals surface area contributed by atoms with Crippen LogP contribution in [0.3, 0.4) is 0 Å². The molecular weight excluding hydrogens is 126 g/mol. The van der Waals surface area contributed by atoms with Crippen LogP contribution in [-0.4, -0.2) is 37.7 Å². The second kappa shape index (κ2) is 3.58. The van der Waals surface area contributed by atoms with E-state index in [1.165, 1.54) is 0 Å². The molecule has 1 N–H and O–H groups in total. The lowest BCUT2D eigenvalue weighted by Gasteiger charge is -2.41. The Bertz CT molecular complexity index is 113. The van der Waals surface area contributed by atoms with E-state index in [1.807, 2.05) is 0 Å². The fourth-order valence-electron chi connectivity index (χ4n) is 1.07. The maximum atomic E-state index is 4.35. The molecule has 58 valence electrons. The normalized spacial score (nSPS) is 27.9. The zero-order valence-corrected chi connectivity index (χ0v) is 6.38. The number of rotatable bonds is 2. The van der Waals surface area contributed by atoms with Gasteiger partial charge in [-0.15, -0.1) is 6.54 Å². The SMILES string of the molecule is C=CNC1CN(C)CC[N-]1. The Morgan fingerprint density at radius 1 is 1.80 bits per heavy atom. The summed E-state index contributed by atoms with van der Waals surface area (Å²) in [6, 6.07) is 0. The van der Waals surface area contributed by atoms with Gasteiger partial charge in [-0.1, -0.05) is 12.7 Å². The van der Waals surface area contributed by atoms with Crippen LogP contribution in [0.1, 0.15) is 0 Å². The molecule has 0 aromatic rings. The molecule has 0 aromatic carbocycles. The van der Waals surface area contributed by atoms with Crippen LogP contribution in [-0.2, 0) is 0 Å². The van der Waals surface area contributed by atoms with Crippen LogP contribution in [0.15, 0.2) is 12.8 Å². The summed E-state index contributed by atoms with van der Waals surface area (Å²) in [4.78, 5) is 2.26. The van der Waals surface area contributed by atoms with E-state index >= 15 is 0 Å². The zero-order chi connectivity index (χ0) is 7.40. The van der Waals surface area contributed by atoms with E-state index in [9.17, 15) is 0 Å². The molecule has 3 nitrogen and oxygen atoms in total. The van der Waals surface area contributed by atoms with Crippen molar-refractivity contribution in [1.29, 1.82) is 0 Å². The average molecular weight is 140 g/mol. The summed E-state index contributed by atoms with van der Waals surface area (Å²) in [7, 11) is 2.10. The minimum Gasteiger partial charge on any atom is -0.640 e. The summed E-state index contributed by atoms with van der Waals surface area (Å²) in [5, 5.41) is 7.42. The van der Waals surface area contributed by atoms with Crippen molar-refractivity contribution in [2.45, 2.75) is 6.17 Å². The van der Waals surface area contributed by atoms with Gasteiger partial charge < -0.3 is 15.5 Å². The third-order valence-electron chi connectivity index (χ3n) is 1.63. The summed E-state index contributed by atoms with van der Waals surface area (Å²) in [6.07, 6.45) is 1.96. The van der Waals surface area contributed by atoms with Crippen molar-refractivity contribution < 1.29 is 0 Å². The summed E-state index contributed by atoms with van der Waals surface area (Å²) in [6.45, 7) is 6.59. The summed E-state index contributed by atoms with van der Waals surface area (Å²) in [5.74, 6) is 0. The highest BCUT2D eigenvalue weighted by atomic mass is 15.2. The van der Waals surface area contributed by atoms with E-state index in [1.54, 1.807) is 6.20 Å². The lowest BCUT2D eigenvalue weighted by molar-refractivity contribution is 0.293. The highest BCUT2D eigenvalue weighted by Crippen LogP contribution is 2.05. The Morgan fingerprint density at radius 2 is 2.60 bits per heavy atom. The summed E-state index contributed by atoms with van der Waals surface area (Å²) < 4.78 is 0. The maximum Gasteiger partial charge on any atom is -0.00115 e. The van der Waals surface area contributed by atoms with Gasteiger partial charge in [-0.05, 0) is 26.3 Å². The highest BCUT2D eigenvalue weighted by molar-refractivity contribution is 4.97. The number of nitrogens with one attached hydrogen (secondary N) is 1. The van der Waals surface area contributed by atoms with Crippen molar-refractivity contribution in [3.05, 3.63) is 18.1 Å². The molecule has 1 saturated heterocycles. The second-order valence-corrected chi connectivity index (χ2v) is 2.56. The Hall–Kier alpha value is -0.540. The first-order chi connectivity index (χ1) is 4.83. The molecule has 1 aliphatic heterocycles. The predicted molar refractivity (Wildman–Crippen MR) is 42.8 cm³/mol. The van der Waals surface area contributed by atoms with Crippen LogP contribution >= 0.6 is 0 Å². The lowest BCUT2D eigenvalue weighted by Crippen LogP contribution is -2.42. The molecule has 0 amide bonds. The molecule has 1 aliphatic rings. The van der Waals surface area contributed by atoms with E-state index < -0.39 is 0 Å². The van der Waals surface area contributed by atoms with Gasteiger partial charge in [0.2, 0.25) is 0 Å². The van der Waals surface area contributed by atoms with Gasteiger partial charge in [0, 0.05) is 0 Å². The molecule has 0 bridgehead atoms. The van der Waals surface area contributed by atoms with Crippen molar-refractivity contribution in [3.8, 4) is 0 Å². The van der Waals surface area contributed by atoms with Gasteiger partial charge in [0.1, 0.15) is 0 Å². The molecule has 10 heavy (non-hydrogen) atoms. The number of hydrogen-bond acceptors (Lipinski definition) is 2. The van der Waals surface area contributed by atoms with Crippen molar-refractivity contribution in [1.82, 2.24) is 10.2 Å². The van der Waals surface area contributed by atoms with Gasteiger partial charge in [0.05, 0.1) is 0 Å².